The standard InChI is InChI=1S/C4H14N2O2Si/c1-4-6-9(5,7-2)8-3/h6H,4-5H2,1-3H3. The quantitative estimate of drug-likeness (QED) is 0.519. The van der Waals surface area contributed by atoms with Crippen LogP contribution in [0.4, 0.5) is 0 Å². The van der Waals surface area contributed by atoms with Gasteiger partial charge in [0.2, 0.25) is 0 Å². The van der Waals surface area contributed by atoms with Gasteiger partial charge in [0, 0.05) is 14.2 Å². The van der Waals surface area contributed by atoms with Crippen LogP contribution in [0.15, 0.2) is 0 Å². The molecule has 0 aromatic rings. The summed E-state index contributed by atoms with van der Waals surface area (Å²) in [6, 6.07) is 0. The Kier molecular flexibility index (Phi) is 3.99. The second-order valence-electron chi connectivity index (χ2n) is 1.61. The van der Waals surface area contributed by atoms with Crippen molar-refractivity contribution in [3.8, 4) is 0 Å². The van der Waals surface area contributed by atoms with E-state index in [0.717, 1.165) is 6.54 Å². The van der Waals surface area contributed by atoms with E-state index in [-0.39, 0.29) is 0 Å². The van der Waals surface area contributed by atoms with Gasteiger partial charge in [-0.3, -0.25) is 10.4 Å². The Balaban J connectivity index is 3.62. The predicted molar refractivity (Wildman–Crippen MR) is 37.6 cm³/mol. The Morgan fingerprint density at radius 1 is 1.44 bits per heavy atom. The lowest BCUT2D eigenvalue weighted by Crippen LogP contribution is -2.63. The number of nitrogens with one attached hydrogen (secondary N) is 1. The highest BCUT2D eigenvalue weighted by atomic mass is 28.4. The highest BCUT2D eigenvalue weighted by Gasteiger charge is 2.29. The van der Waals surface area contributed by atoms with Crippen molar-refractivity contribution in [2.75, 3.05) is 20.8 Å². The summed E-state index contributed by atoms with van der Waals surface area (Å²) in [7, 11) is 0.633. The zero-order valence-corrected chi connectivity index (χ0v) is 7.10. The molecule has 0 atom stereocenters. The van der Waals surface area contributed by atoms with Gasteiger partial charge in [0.05, 0.1) is 0 Å². The van der Waals surface area contributed by atoms with E-state index in [9.17, 15) is 0 Å². The molecule has 5 heteroatoms. The molecule has 0 rings (SSSR count). The molecule has 0 unspecified atom stereocenters. The summed E-state index contributed by atoms with van der Waals surface area (Å²) < 4.78 is 9.82. The summed E-state index contributed by atoms with van der Waals surface area (Å²) in [5.74, 6) is 0. The number of nitrogens with two attached hydrogens (primary N) is 1. The minimum atomic E-state index is -2.45. The van der Waals surface area contributed by atoms with Crippen LogP contribution >= 0.6 is 0 Å². The van der Waals surface area contributed by atoms with Crippen molar-refractivity contribution in [3.63, 3.8) is 0 Å². The van der Waals surface area contributed by atoms with Crippen LogP contribution in [0, 0.1) is 0 Å². The Labute approximate surface area is 56.7 Å². The first-order valence-corrected chi connectivity index (χ1v) is 4.72. The molecular weight excluding hydrogens is 136 g/mol. The monoisotopic (exact) mass is 150 g/mol. The summed E-state index contributed by atoms with van der Waals surface area (Å²) in [6.07, 6.45) is 0. The minimum Gasteiger partial charge on any atom is -0.374 e. The Bertz CT molecular complexity index is 77.0. The Morgan fingerprint density at radius 2 is 1.89 bits per heavy atom. The first-order valence-electron chi connectivity index (χ1n) is 2.82. The second kappa shape index (κ2) is 3.97. The minimum absolute atomic E-state index is 0.768. The van der Waals surface area contributed by atoms with Crippen LogP contribution in [0.25, 0.3) is 0 Å². The van der Waals surface area contributed by atoms with Crippen molar-refractivity contribution < 1.29 is 8.85 Å². The van der Waals surface area contributed by atoms with Crippen LogP contribution in [-0.2, 0) is 8.85 Å². The maximum absolute atomic E-state index is 5.59. The molecular formula is C4H14N2O2Si. The maximum atomic E-state index is 5.59. The summed E-state index contributed by atoms with van der Waals surface area (Å²) >= 11 is 0. The zero-order chi connectivity index (χ0) is 7.33. The molecule has 0 spiro atoms. The third-order valence-electron chi connectivity index (χ3n) is 1.03. The third-order valence-corrected chi connectivity index (χ3v) is 3.09. The maximum Gasteiger partial charge on any atom is 0.513 e. The fraction of sp³-hybridized carbons (Fsp3) is 1.00. The smallest absolute Gasteiger partial charge is 0.374 e. The Morgan fingerprint density at radius 3 is 2.00 bits per heavy atom. The third kappa shape index (κ3) is 2.92. The molecule has 0 radical (unpaired) electrons. The van der Waals surface area contributed by atoms with E-state index < -0.39 is 8.88 Å². The largest absolute Gasteiger partial charge is 0.513 e. The van der Waals surface area contributed by atoms with Crippen molar-refractivity contribution in [2.24, 2.45) is 5.40 Å². The molecule has 0 bridgehead atoms. The number of hydrogen-bond donors (Lipinski definition) is 2. The van der Waals surface area contributed by atoms with E-state index in [0.29, 0.717) is 0 Å². The van der Waals surface area contributed by atoms with Gasteiger partial charge in [0.1, 0.15) is 0 Å². The fourth-order valence-electron chi connectivity index (χ4n) is 0.474. The van der Waals surface area contributed by atoms with Gasteiger partial charge >= 0.3 is 8.88 Å². The van der Waals surface area contributed by atoms with Crippen molar-refractivity contribution >= 4 is 8.88 Å². The topological polar surface area (TPSA) is 56.5 Å². The van der Waals surface area contributed by atoms with Gasteiger partial charge in [0.15, 0.2) is 0 Å². The SMILES string of the molecule is CCN[Si](N)(OC)OC. The van der Waals surface area contributed by atoms with Gasteiger partial charge in [-0.15, -0.1) is 0 Å². The highest BCUT2D eigenvalue weighted by molar-refractivity contribution is 6.61. The van der Waals surface area contributed by atoms with Crippen LogP contribution < -0.4 is 10.4 Å². The van der Waals surface area contributed by atoms with Crippen LogP contribution in [0.5, 0.6) is 0 Å². The van der Waals surface area contributed by atoms with E-state index in [4.69, 9.17) is 14.3 Å². The fourth-order valence-corrected chi connectivity index (χ4v) is 1.42. The molecule has 0 aromatic carbocycles. The molecule has 3 N–H and O–H groups in total. The summed E-state index contributed by atoms with van der Waals surface area (Å²) in [6.45, 7) is 2.72. The lowest BCUT2D eigenvalue weighted by molar-refractivity contribution is 0.230. The first kappa shape index (κ1) is 9.06. The molecule has 0 aromatic heterocycles. The van der Waals surface area contributed by atoms with Crippen LogP contribution in [0.3, 0.4) is 0 Å². The van der Waals surface area contributed by atoms with Crippen molar-refractivity contribution in [2.45, 2.75) is 6.92 Å². The molecule has 0 amide bonds. The molecule has 0 aliphatic rings. The summed E-state index contributed by atoms with van der Waals surface area (Å²) in [4.78, 5) is 2.93. The molecule has 0 saturated heterocycles. The highest BCUT2D eigenvalue weighted by Crippen LogP contribution is 1.87. The second-order valence-corrected chi connectivity index (χ2v) is 4.11. The lowest BCUT2D eigenvalue weighted by Gasteiger charge is -2.20. The molecule has 0 heterocycles. The molecule has 56 valence electrons. The van der Waals surface area contributed by atoms with Gasteiger partial charge in [-0.25, -0.2) is 0 Å². The first-order chi connectivity index (χ1) is 4.18. The van der Waals surface area contributed by atoms with E-state index in [1.54, 1.807) is 14.2 Å². The van der Waals surface area contributed by atoms with E-state index in [1.165, 1.54) is 0 Å². The normalized spacial score (nSPS) is 12.0. The van der Waals surface area contributed by atoms with Crippen molar-refractivity contribution in [1.29, 1.82) is 0 Å². The van der Waals surface area contributed by atoms with Gasteiger partial charge in [0.25, 0.3) is 0 Å². The molecule has 0 saturated carbocycles. The predicted octanol–water partition coefficient (Wildman–Crippen LogP) is -0.717. The van der Waals surface area contributed by atoms with Crippen LogP contribution in [0.2, 0.25) is 0 Å². The van der Waals surface area contributed by atoms with E-state index in [2.05, 4.69) is 4.98 Å². The van der Waals surface area contributed by atoms with Crippen LogP contribution in [-0.4, -0.2) is 29.6 Å². The van der Waals surface area contributed by atoms with E-state index >= 15 is 0 Å². The van der Waals surface area contributed by atoms with Gasteiger partial charge in [-0.2, -0.15) is 0 Å². The van der Waals surface area contributed by atoms with Crippen molar-refractivity contribution in [3.05, 3.63) is 0 Å². The Hall–Kier alpha value is 0.0569. The average molecular weight is 150 g/mol. The lowest BCUT2D eigenvalue weighted by atomic mass is 10.8. The van der Waals surface area contributed by atoms with E-state index in [1.807, 2.05) is 6.92 Å². The summed E-state index contributed by atoms with van der Waals surface area (Å²) in [5.41, 5.74) is 0. The number of rotatable bonds is 4. The van der Waals surface area contributed by atoms with Gasteiger partial charge < -0.3 is 8.85 Å². The zero-order valence-electron chi connectivity index (χ0n) is 6.10. The summed E-state index contributed by atoms with van der Waals surface area (Å²) in [5, 5.41) is 5.59. The molecule has 0 aliphatic heterocycles. The average Bonchev–Trinajstić information content (AvgIpc) is 1.89. The van der Waals surface area contributed by atoms with Gasteiger partial charge in [-0.1, -0.05) is 6.92 Å². The molecule has 9 heavy (non-hydrogen) atoms. The van der Waals surface area contributed by atoms with Crippen LogP contribution in [0.1, 0.15) is 6.92 Å². The van der Waals surface area contributed by atoms with Crippen molar-refractivity contribution in [1.82, 2.24) is 4.98 Å². The molecule has 0 aliphatic carbocycles. The number of hydrogen-bond acceptors (Lipinski definition) is 4. The molecule has 4 nitrogen and oxygen atoms in total. The molecule has 0 fully saturated rings. The van der Waals surface area contributed by atoms with Gasteiger partial charge in [-0.05, 0) is 6.54 Å².